The van der Waals surface area contributed by atoms with Crippen molar-refractivity contribution in [1.29, 1.82) is 0 Å². The minimum Gasteiger partial charge on any atom is -0.399 e. The summed E-state index contributed by atoms with van der Waals surface area (Å²) in [7, 11) is -0.625. The Labute approximate surface area is 126 Å². The van der Waals surface area contributed by atoms with E-state index >= 15 is 0 Å². The molecule has 0 amide bonds. The minimum atomic E-state index is -0.751. The van der Waals surface area contributed by atoms with Crippen molar-refractivity contribution in [3.63, 3.8) is 0 Å². The molecule has 2 heterocycles. The number of hydrogen-bond acceptors (Lipinski definition) is 3. The highest BCUT2D eigenvalue weighted by Crippen LogP contribution is 2.36. The van der Waals surface area contributed by atoms with Gasteiger partial charge in [0.2, 0.25) is 0 Å². The van der Waals surface area contributed by atoms with Crippen molar-refractivity contribution in [2.75, 3.05) is 0 Å². The van der Waals surface area contributed by atoms with Crippen molar-refractivity contribution in [2.45, 2.75) is 58.2 Å². The fraction of sp³-hybridized carbons (Fsp3) is 0.562. The van der Waals surface area contributed by atoms with Crippen molar-refractivity contribution in [1.82, 2.24) is 4.98 Å². The topological polar surface area (TPSA) is 31.4 Å². The van der Waals surface area contributed by atoms with Gasteiger partial charge in [-0.05, 0) is 47.6 Å². The first-order valence-corrected chi connectivity index (χ1v) is 6.99. The Kier molecular flexibility index (Phi) is 3.68. The van der Waals surface area contributed by atoms with Crippen molar-refractivity contribution in [3.05, 3.63) is 23.8 Å². The Morgan fingerprint density at radius 1 is 1.24 bits per heavy atom. The lowest BCUT2D eigenvalue weighted by molar-refractivity contribution is 0.00578. The molecule has 1 aliphatic heterocycles. The van der Waals surface area contributed by atoms with Crippen LogP contribution in [0, 0.1) is 18.2 Å². The van der Waals surface area contributed by atoms with Gasteiger partial charge in [-0.2, -0.15) is 0 Å². The second kappa shape index (κ2) is 4.83. The van der Waals surface area contributed by atoms with E-state index in [0.29, 0.717) is 5.46 Å². The standard InChI is InChI=1S/C16H21BFNO2/c1-8-14(2,3)13-12(18)9-11(10-19-13)17-20-15(4,5)16(6,7)21-17/h1,9-10H,2-7H3. The lowest BCUT2D eigenvalue weighted by Crippen LogP contribution is -2.41. The fourth-order valence-corrected chi connectivity index (χ4v) is 2.09. The van der Waals surface area contributed by atoms with E-state index < -0.39 is 29.6 Å². The molecule has 112 valence electrons. The first kappa shape index (κ1) is 16.0. The summed E-state index contributed by atoms with van der Waals surface area (Å²) in [5.74, 6) is 2.11. The van der Waals surface area contributed by atoms with Crippen LogP contribution in [-0.4, -0.2) is 23.3 Å². The fourth-order valence-electron chi connectivity index (χ4n) is 2.09. The summed E-state index contributed by atoms with van der Waals surface area (Å²) in [5, 5.41) is 0. The van der Waals surface area contributed by atoms with Crippen LogP contribution in [0.2, 0.25) is 0 Å². The molecule has 0 atom stereocenters. The highest BCUT2D eigenvalue weighted by molar-refractivity contribution is 6.62. The highest BCUT2D eigenvalue weighted by atomic mass is 19.1. The van der Waals surface area contributed by atoms with Crippen LogP contribution in [0.3, 0.4) is 0 Å². The van der Waals surface area contributed by atoms with Crippen LogP contribution in [0.5, 0.6) is 0 Å². The van der Waals surface area contributed by atoms with E-state index in [9.17, 15) is 4.39 Å². The molecule has 0 N–H and O–H groups in total. The van der Waals surface area contributed by atoms with Gasteiger partial charge in [-0.1, -0.05) is 5.92 Å². The van der Waals surface area contributed by atoms with Gasteiger partial charge in [0.25, 0.3) is 0 Å². The van der Waals surface area contributed by atoms with E-state index in [4.69, 9.17) is 15.7 Å². The van der Waals surface area contributed by atoms with Gasteiger partial charge in [0.1, 0.15) is 5.82 Å². The summed E-state index contributed by atoms with van der Waals surface area (Å²) in [5.41, 5.74) is -0.873. The van der Waals surface area contributed by atoms with Crippen molar-refractivity contribution >= 4 is 12.6 Å². The maximum Gasteiger partial charge on any atom is 0.496 e. The maximum absolute atomic E-state index is 14.3. The number of aromatic nitrogens is 1. The molecule has 1 saturated heterocycles. The van der Waals surface area contributed by atoms with Crippen LogP contribution < -0.4 is 5.46 Å². The Bertz CT molecular complexity index is 589. The Balaban J connectivity index is 2.34. The molecule has 1 fully saturated rings. The predicted octanol–water partition coefficient (Wildman–Crippen LogP) is 2.43. The molecule has 2 rings (SSSR count). The first-order valence-electron chi connectivity index (χ1n) is 6.99. The van der Waals surface area contributed by atoms with Crippen molar-refractivity contribution in [3.8, 4) is 12.3 Å². The quantitative estimate of drug-likeness (QED) is 0.619. The summed E-state index contributed by atoms with van der Waals surface area (Å²) in [6.45, 7) is 11.3. The number of halogens is 1. The summed E-state index contributed by atoms with van der Waals surface area (Å²) in [6.07, 6.45) is 7.00. The van der Waals surface area contributed by atoms with Gasteiger partial charge < -0.3 is 9.31 Å². The van der Waals surface area contributed by atoms with Gasteiger partial charge in [-0.25, -0.2) is 4.39 Å². The molecular formula is C16H21BFNO2. The van der Waals surface area contributed by atoms with Gasteiger partial charge in [-0.3, -0.25) is 4.98 Å². The number of pyridine rings is 1. The van der Waals surface area contributed by atoms with E-state index in [2.05, 4.69) is 10.9 Å². The SMILES string of the molecule is C#CC(C)(C)c1ncc(B2OC(C)(C)C(C)(C)O2)cc1F. The van der Waals surface area contributed by atoms with E-state index in [1.165, 1.54) is 6.07 Å². The molecule has 0 radical (unpaired) electrons. The third-order valence-electron chi connectivity index (χ3n) is 4.34. The van der Waals surface area contributed by atoms with Gasteiger partial charge in [-0.15, -0.1) is 6.42 Å². The lowest BCUT2D eigenvalue weighted by Gasteiger charge is -2.32. The Morgan fingerprint density at radius 2 is 1.76 bits per heavy atom. The molecule has 0 spiro atoms. The highest BCUT2D eigenvalue weighted by Gasteiger charge is 2.52. The number of hydrogen-bond donors (Lipinski definition) is 0. The van der Waals surface area contributed by atoms with Gasteiger partial charge in [0, 0.05) is 11.7 Å². The third kappa shape index (κ3) is 2.70. The van der Waals surface area contributed by atoms with E-state index in [-0.39, 0.29) is 5.69 Å². The predicted molar refractivity (Wildman–Crippen MR) is 81.8 cm³/mol. The molecule has 0 saturated carbocycles. The average Bonchev–Trinajstić information content (AvgIpc) is 2.58. The zero-order chi connectivity index (χ0) is 16.1. The van der Waals surface area contributed by atoms with E-state index in [0.717, 1.165) is 0 Å². The normalized spacial score (nSPS) is 20.4. The molecule has 0 bridgehead atoms. The number of terminal acetylenes is 1. The van der Waals surface area contributed by atoms with Gasteiger partial charge in [0.05, 0.1) is 22.3 Å². The number of rotatable bonds is 2. The van der Waals surface area contributed by atoms with Crippen LogP contribution in [0.4, 0.5) is 4.39 Å². The van der Waals surface area contributed by atoms with Crippen molar-refractivity contribution in [2.24, 2.45) is 0 Å². The molecule has 0 unspecified atom stereocenters. The van der Waals surface area contributed by atoms with Gasteiger partial charge in [0.15, 0.2) is 0 Å². The Hall–Kier alpha value is -1.38. The third-order valence-corrected chi connectivity index (χ3v) is 4.34. The molecule has 1 aromatic heterocycles. The largest absolute Gasteiger partial charge is 0.496 e. The summed E-state index contributed by atoms with van der Waals surface area (Å²) in [6, 6.07) is 1.39. The summed E-state index contributed by atoms with van der Waals surface area (Å²) < 4.78 is 26.1. The van der Waals surface area contributed by atoms with Crippen LogP contribution in [0.15, 0.2) is 12.3 Å². The molecule has 0 aromatic carbocycles. The molecule has 1 aliphatic rings. The minimum absolute atomic E-state index is 0.255. The summed E-state index contributed by atoms with van der Waals surface area (Å²) in [4.78, 5) is 4.18. The second-order valence-electron chi connectivity index (χ2n) is 6.96. The van der Waals surface area contributed by atoms with Crippen LogP contribution >= 0.6 is 0 Å². The Morgan fingerprint density at radius 3 is 2.19 bits per heavy atom. The molecular weight excluding hydrogens is 268 g/mol. The maximum atomic E-state index is 14.3. The van der Waals surface area contributed by atoms with E-state index in [1.807, 2.05) is 27.7 Å². The van der Waals surface area contributed by atoms with Gasteiger partial charge >= 0.3 is 7.12 Å². The second-order valence-corrected chi connectivity index (χ2v) is 6.96. The molecule has 0 aliphatic carbocycles. The summed E-state index contributed by atoms with van der Waals surface area (Å²) >= 11 is 0. The number of nitrogens with zero attached hydrogens (tertiary/aromatic N) is 1. The van der Waals surface area contributed by atoms with Crippen LogP contribution in [-0.2, 0) is 14.7 Å². The monoisotopic (exact) mass is 289 g/mol. The zero-order valence-electron chi connectivity index (χ0n) is 13.5. The average molecular weight is 289 g/mol. The molecule has 1 aromatic rings. The molecule has 21 heavy (non-hydrogen) atoms. The van der Waals surface area contributed by atoms with Crippen LogP contribution in [0.25, 0.3) is 0 Å². The molecule has 3 nitrogen and oxygen atoms in total. The lowest BCUT2D eigenvalue weighted by atomic mass is 9.79. The van der Waals surface area contributed by atoms with Crippen LogP contribution in [0.1, 0.15) is 47.2 Å². The zero-order valence-corrected chi connectivity index (χ0v) is 13.5. The molecule has 5 heteroatoms. The smallest absolute Gasteiger partial charge is 0.399 e. The van der Waals surface area contributed by atoms with E-state index in [1.54, 1.807) is 20.0 Å². The first-order chi connectivity index (χ1) is 9.50. The van der Waals surface area contributed by atoms with Crippen molar-refractivity contribution < 1.29 is 13.7 Å².